The zero-order valence-corrected chi connectivity index (χ0v) is 23.1. The first kappa shape index (κ1) is 29.1. The molecular formula is C32H34F2N2O4. The molecule has 0 aliphatic carbocycles. The molecule has 0 spiro atoms. The van der Waals surface area contributed by atoms with E-state index in [0.29, 0.717) is 24.1 Å². The van der Waals surface area contributed by atoms with Gasteiger partial charge in [0.15, 0.2) is 5.43 Å². The van der Waals surface area contributed by atoms with Gasteiger partial charge in [-0.15, -0.1) is 0 Å². The van der Waals surface area contributed by atoms with Crippen molar-refractivity contribution in [3.63, 3.8) is 0 Å². The van der Waals surface area contributed by atoms with Gasteiger partial charge in [0, 0.05) is 25.3 Å². The standard InChI is InChI=1S/C32H34F2N2O4/c1-19(2)28(36(16-8-15-35)32(38)22-12-11-20(3)25(34)17-22)31-27(30(39-4)21-9-6-5-7-10-21)29(37)24-14-13-23(33)18-26(24)40-31/h5-7,9-14,17-19,28,30H,8,15-16,35H2,1-4H3. The second-order valence-corrected chi connectivity index (χ2v) is 10.2. The SMILES string of the molecule is COC(c1ccccc1)c1c(C(C(C)C)N(CCCN)C(=O)c2ccc(C)c(F)c2)oc2cc(F)ccc2c1=O. The van der Waals surface area contributed by atoms with Crippen LogP contribution in [0.15, 0.2) is 75.9 Å². The van der Waals surface area contributed by atoms with Crippen molar-refractivity contribution < 1.29 is 22.7 Å². The summed E-state index contributed by atoms with van der Waals surface area (Å²) in [7, 11) is 1.49. The maximum Gasteiger partial charge on any atom is 0.254 e. The Bertz CT molecular complexity index is 1550. The van der Waals surface area contributed by atoms with Crippen molar-refractivity contribution >= 4 is 16.9 Å². The molecule has 1 heterocycles. The Labute approximate surface area is 232 Å². The van der Waals surface area contributed by atoms with Crippen LogP contribution in [0.25, 0.3) is 11.0 Å². The summed E-state index contributed by atoms with van der Waals surface area (Å²) in [5.74, 6) is -1.58. The van der Waals surface area contributed by atoms with Crippen LogP contribution in [0.4, 0.5) is 8.78 Å². The highest BCUT2D eigenvalue weighted by atomic mass is 19.1. The fourth-order valence-electron chi connectivity index (χ4n) is 5.04. The molecule has 0 saturated carbocycles. The Morgan fingerprint density at radius 3 is 2.40 bits per heavy atom. The lowest BCUT2D eigenvalue weighted by Crippen LogP contribution is -2.40. The van der Waals surface area contributed by atoms with Gasteiger partial charge >= 0.3 is 0 Å². The summed E-state index contributed by atoms with van der Waals surface area (Å²) >= 11 is 0. The van der Waals surface area contributed by atoms with Gasteiger partial charge in [0.25, 0.3) is 5.91 Å². The molecular weight excluding hydrogens is 514 g/mol. The summed E-state index contributed by atoms with van der Waals surface area (Å²) < 4.78 is 41.0. The number of hydrogen-bond acceptors (Lipinski definition) is 5. The lowest BCUT2D eigenvalue weighted by molar-refractivity contribution is 0.0574. The average Bonchev–Trinajstić information content (AvgIpc) is 2.94. The number of hydrogen-bond donors (Lipinski definition) is 1. The average molecular weight is 549 g/mol. The van der Waals surface area contributed by atoms with Crippen molar-refractivity contribution in [2.75, 3.05) is 20.2 Å². The molecule has 1 aromatic heterocycles. The van der Waals surface area contributed by atoms with Crippen LogP contribution in [0.2, 0.25) is 0 Å². The maximum absolute atomic E-state index is 14.5. The molecule has 0 bridgehead atoms. The van der Waals surface area contributed by atoms with Crippen LogP contribution in [0.5, 0.6) is 0 Å². The summed E-state index contributed by atoms with van der Waals surface area (Å²) in [6.07, 6.45) is -0.372. The molecule has 0 fully saturated rings. The van der Waals surface area contributed by atoms with Gasteiger partial charge in [-0.1, -0.05) is 50.2 Å². The van der Waals surface area contributed by atoms with E-state index in [1.807, 2.05) is 44.2 Å². The number of amides is 1. The van der Waals surface area contributed by atoms with E-state index in [1.54, 1.807) is 24.0 Å². The van der Waals surface area contributed by atoms with Crippen LogP contribution in [0.1, 0.15) is 65.2 Å². The van der Waals surface area contributed by atoms with Gasteiger partial charge in [-0.3, -0.25) is 9.59 Å². The van der Waals surface area contributed by atoms with E-state index in [4.69, 9.17) is 14.9 Å². The third-order valence-electron chi connectivity index (χ3n) is 7.04. The quantitative estimate of drug-likeness (QED) is 0.251. The minimum absolute atomic E-state index is 0.0601. The normalized spacial score (nSPS) is 13.0. The number of carbonyl (C=O) groups excluding carboxylic acids is 1. The van der Waals surface area contributed by atoms with Crippen LogP contribution in [-0.4, -0.2) is 31.0 Å². The van der Waals surface area contributed by atoms with Crippen LogP contribution in [0.3, 0.4) is 0 Å². The van der Waals surface area contributed by atoms with Crippen LogP contribution in [0, 0.1) is 24.5 Å². The van der Waals surface area contributed by atoms with E-state index in [-0.39, 0.29) is 45.7 Å². The Balaban J connectivity index is 2.01. The minimum atomic E-state index is -0.827. The number of aryl methyl sites for hydroxylation is 1. The van der Waals surface area contributed by atoms with Gasteiger partial charge in [0.1, 0.15) is 29.1 Å². The van der Waals surface area contributed by atoms with Crippen molar-refractivity contribution in [2.45, 2.75) is 39.3 Å². The predicted molar refractivity (Wildman–Crippen MR) is 151 cm³/mol. The molecule has 0 aliphatic rings. The van der Waals surface area contributed by atoms with Crippen LogP contribution in [-0.2, 0) is 4.74 Å². The van der Waals surface area contributed by atoms with Crippen molar-refractivity contribution in [1.82, 2.24) is 4.90 Å². The molecule has 4 rings (SSSR count). The van der Waals surface area contributed by atoms with Crippen molar-refractivity contribution in [1.29, 1.82) is 0 Å². The number of nitrogens with zero attached hydrogens (tertiary/aromatic N) is 1. The van der Waals surface area contributed by atoms with E-state index in [9.17, 15) is 18.4 Å². The maximum atomic E-state index is 14.5. The Morgan fingerprint density at radius 2 is 1.77 bits per heavy atom. The zero-order valence-electron chi connectivity index (χ0n) is 23.1. The molecule has 2 N–H and O–H groups in total. The van der Waals surface area contributed by atoms with Gasteiger partial charge in [-0.25, -0.2) is 8.78 Å². The first-order chi connectivity index (χ1) is 19.2. The number of ether oxygens (including phenoxy) is 1. The van der Waals surface area contributed by atoms with E-state index >= 15 is 0 Å². The second kappa shape index (κ2) is 12.5. The second-order valence-electron chi connectivity index (χ2n) is 10.2. The Morgan fingerprint density at radius 1 is 1.05 bits per heavy atom. The molecule has 210 valence electrons. The van der Waals surface area contributed by atoms with Crippen molar-refractivity contribution in [3.8, 4) is 0 Å². The third kappa shape index (κ3) is 5.83. The summed E-state index contributed by atoms with van der Waals surface area (Å²) in [6, 6.07) is 16.5. The molecule has 3 aromatic carbocycles. The summed E-state index contributed by atoms with van der Waals surface area (Å²) in [5.41, 5.74) is 7.01. The monoisotopic (exact) mass is 548 g/mol. The molecule has 1 amide bonds. The zero-order chi connectivity index (χ0) is 29.0. The first-order valence-corrected chi connectivity index (χ1v) is 13.3. The molecule has 0 aliphatic heterocycles. The minimum Gasteiger partial charge on any atom is -0.458 e. The smallest absolute Gasteiger partial charge is 0.254 e. The van der Waals surface area contributed by atoms with Crippen molar-refractivity contribution in [2.24, 2.45) is 11.7 Å². The molecule has 8 heteroatoms. The van der Waals surface area contributed by atoms with Crippen molar-refractivity contribution in [3.05, 3.63) is 117 Å². The molecule has 6 nitrogen and oxygen atoms in total. The number of rotatable bonds is 10. The molecule has 2 unspecified atom stereocenters. The predicted octanol–water partition coefficient (Wildman–Crippen LogP) is 6.30. The fraction of sp³-hybridized carbons (Fsp3) is 0.312. The van der Waals surface area contributed by atoms with Gasteiger partial charge < -0.3 is 19.8 Å². The molecule has 0 radical (unpaired) electrons. The Kier molecular flexibility index (Phi) is 9.12. The number of carbonyl (C=O) groups is 1. The molecule has 2 atom stereocenters. The van der Waals surface area contributed by atoms with Crippen LogP contribution >= 0.6 is 0 Å². The van der Waals surface area contributed by atoms with E-state index < -0.39 is 29.7 Å². The van der Waals surface area contributed by atoms with E-state index in [1.165, 1.54) is 25.3 Å². The highest BCUT2D eigenvalue weighted by Gasteiger charge is 2.36. The van der Waals surface area contributed by atoms with E-state index in [2.05, 4.69) is 0 Å². The molecule has 4 aromatic rings. The lowest BCUT2D eigenvalue weighted by Gasteiger charge is -2.35. The van der Waals surface area contributed by atoms with Gasteiger partial charge in [0.05, 0.1) is 17.0 Å². The fourth-order valence-corrected chi connectivity index (χ4v) is 5.04. The number of methoxy groups -OCH3 is 1. The lowest BCUT2D eigenvalue weighted by atomic mass is 9.90. The van der Waals surface area contributed by atoms with Crippen LogP contribution < -0.4 is 11.2 Å². The molecule has 40 heavy (non-hydrogen) atoms. The topological polar surface area (TPSA) is 85.8 Å². The van der Waals surface area contributed by atoms with Gasteiger partial charge in [-0.2, -0.15) is 0 Å². The van der Waals surface area contributed by atoms with Gasteiger partial charge in [0.2, 0.25) is 0 Å². The summed E-state index contributed by atoms with van der Waals surface area (Å²) in [4.78, 5) is 29.6. The number of benzene rings is 3. The number of halogens is 2. The highest BCUT2D eigenvalue weighted by Crippen LogP contribution is 2.38. The number of nitrogens with two attached hydrogens (primary N) is 1. The van der Waals surface area contributed by atoms with E-state index in [0.717, 1.165) is 6.07 Å². The third-order valence-corrected chi connectivity index (χ3v) is 7.04. The number of fused-ring (bicyclic) bond motifs is 1. The molecule has 0 saturated heterocycles. The highest BCUT2D eigenvalue weighted by molar-refractivity contribution is 5.94. The largest absolute Gasteiger partial charge is 0.458 e. The summed E-state index contributed by atoms with van der Waals surface area (Å²) in [5, 5.41) is 0.195. The van der Waals surface area contributed by atoms with Gasteiger partial charge in [-0.05, 0) is 61.2 Å². The first-order valence-electron chi connectivity index (χ1n) is 13.3. The summed E-state index contributed by atoms with van der Waals surface area (Å²) in [6.45, 7) is 5.94. The Hall–Kier alpha value is -3.88.